The monoisotopic (exact) mass is 466 g/mol. The van der Waals surface area contributed by atoms with E-state index in [0.29, 0.717) is 28.3 Å². The summed E-state index contributed by atoms with van der Waals surface area (Å²) in [5.74, 6) is -1.59. The van der Waals surface area contributed by atoms with Gasteiger partial charge in [-0.2, -0.15) is 0 Å². The molecule has 0 saturated carbocycles. The Morgan fingerprint density at radius 1 is 1.26 bits per heavy atom. The molecule has 2 rings (SSSR count). The predicted octanol–water partition coefficient (Wildman–Crippen LogP) is 2.33. The van der Waals surface area contributed by atoms with Crippen molar-refractivity contribution < 1.29 is 19.4 Å². The summed E-state index contributed by atoms with van der Waals surface area (Å²) in [4.78, 5) is 36.6. The van der Waals surface area contributed by atoms with Crippen LogP contribution in [0.3, 0.4) is 0 Å². The van der Waals surface area contributed by atoms with Gasteiger partial charge in [0.05, 0.1) is 30.5 Å². The van der Waals surface area contributed by atoms with Gasteiger partial charge in [-0.3, -0.25) is 9.79 Å². The summed E-state index contributed by atoms with van der Waals surface area (Å²) in [5.41, 5.74) is 5.89. The van der Waals surface area contributed by atoms with Crippen LogP contribution in [0.15, 0.2) is 44.2 Å². The number of esters is 1. The number of carboxylic acid groups (broad SMARTS) is 1. The number of methoxy groups -OCH3 is 1. The van der Waals surface area contributed by atoms with Crippen molar-refractivity contribution in [3.8, 4) is 0 Å². The molecule has 0 unspecified atom stereocenters. The lowest BCUT2D eigenvalue weighted by Crippen LogP contribution is -2.16. The maximum Gasteiger partial charge on any atom is 0.340 e. The number of aliphatic carboxylic acids is 1. The molecule has 34 heavy (non-hydrogen) atoms. The Hall–Kier alpha value is -3.68. The fourth-order valence-corrected chi connectivity index (χ4v) is 3.94. The number of carboxylic acids is 1. The van der Waals surface area contributed by atoms with Gasteiger partial charge >= 0.3 is 11.9 Å². The highest BCUT2D eigenvalue weighted by molar-refractivity contribution is 6.27. The number of rotatable bonds is 8. The third-order valence-corrected chi connectivity index (χ3v) is 5.99. The molecular weight excluding hydrogens is 432 g/mol. The number of allylic oxidation sites excluding steroid dienone is 3. The largest absolute Gasteiger partial charge is 0.481 e. The minimum atomic E-state index is -1.03. The zero-order valence-corrected chi connectivity index (χ0v) is 21.2. The number of nitrogens with one attached hydrogen (secondary N) is 2. The molecule has 0 atom stereocenters. The number of hydrogen-bond acceptors (Lipinski definition) is 6. The molecule has 1 aromatic rings. The van der Waals surface area contributed by atoms with Gasteiger partial charge in [-0.15, -0.1) is 0 Å². The summed E-state index contributed by atoms with van der Waals surface area (Å²) >= 11 is 0. The van der Waals surface area contributed by atoms with Gasteiger partial charge in [-0.25, -0.2) is 9.79 Å². The van der Waals surface area contributed by atoms with E-state index in [-0.39, 0.29) is 12.0 Å². The minimum Gasteiger partial charge on any atom is -0.481 e. The summed E-state index contributed by atoms with van der Waals surface area (Å²) in [6.45, 7) is 9.62. The Labute approximate surface area is 200 Å². The Kier molecular flexibility index (Phi) is 8.95. The van der Waals surface area contributed by atoms with Crippen LogP contribution in [-0.4, -0.2) is 54.7 Å². The zero-order valence-electron chi connectivity index (χ0n) is 21.2. The van der Waals surface area contributed by atoms with Gasteiger partial charge in [-0.05, 0) is 63.0 Å². The molecule has 2 heterocycles. The summed E-state index contributed by atoms with van der Waals surface area (Å²) < 4.78 is 5.01. The lowest BCUT2D eigenvalue weighted by molar-refractivity contribution is -0.137. The van der Waals surface area contributed by atoms with Crippen LogP contribution < -0.4 is 16.0 Å². The molecule has 1 aliphatic rings. The van der Waals surface area contributed by atoms with Gasteiger partial charge in [0.15, 0.2) is 0 Å². The molecule has 8 heteroatoms. The molecule has 1 aliphatic heterocycles. The highest BCUT2D eigenvalue weighted by atomic mass is 16.5. The SMILES string of the molecule is C/C=C(\C=c1/[nH]/c(=C\C2=NC(=C(/CC(=O)O)C(C)=NC)/C(C(=O)OC)=C2C)c(CC)c1C)NC. The second-order valence-corrected chi connectivity index (χ2v) is 7.89. The number of ether oxygens (including phenoxy) is 1. The van der Waals surface area contributed by atoms with E-state index in [2.05, 4.69) is 29.1 Å². The molecule has 0 amide bonds. The maximum absolute atomic E-state index is 12.7. The van der Waals surface area contributed by atoms with E-state index in [1.165, 1.54) is 7.11 Å². The zero-order chi connectivity index (χ0) is 25.6. The van der Waals surface area contributed by atoms with Crippen molar-refractivity contribution in [2.24, 2.45) is 9.98 Å². The Morgan fingerprint density at radius 2 is 1.94 bits per heavy atom. The average molecular weight is 467 g/mol. The number of carbonyl (C=O) groups is 2. The van der Waals surface area contributed by atoms with E-state index in [1.807, 2.05) is 32.2 Å². The lowest BCUT2D eigenvalue weighted by Gasteiger charge is -2.10. The summed E-state index contributed by atoms with van der Waals surface area (Å²) in [6.07, 6.45) is 6.44. The number of nitrogens with zero attached hydrogens (tertiary/aromatic N) is 2. The van der Waals surface area contributed by atoms with Crippen LogP contribution in [-0.2, 0) is 20.7 Å². The maximum atomic E-state index is 12.7. The topological polar surface area (TPSA) is 116 Å². The van der Waals surface area contributed by atoms with Crippen molar-refractivity contribution in [3.63, 3.8) is 0 Å². The van der Waals surface area contributed by atoms with E-state index in [4.69, 9.17) is 9.73 Å². The smallest absolute Gasteiger partial charge is 0.340 e. The lowest BCUT2D eigenvalue weighted by atomic mass is 9.98. The third-order valence-electron chi connectivity index (χ3n) is 5.99. The molecule has 0 aliphatic carbocycles. The number of aromatic nitrogens is 1. The van der Waals surface area contributed by atoms with Crippen LogP contribution in [0, 0.1) is 6.92 Å². The molecule has 3 N–H and O–H groups in total. The van der Waals surface area contributed by atoms with Crippen molar-refractivity contribution >= 4 is 35.5 Å². The van der Waals surface area contributed by atoms with E-state index in [1.54, 1.807) is 20.9 Å². The average Bonchev–Trinajstić information content (AvgIpc) is 3.30. The van der Waals surface area contributed by atoms with Gasteiger partial charge in [0.2, 0.25) is 0 Å². The van der Waals surface area contributed by atoms with Gasteiger partial charge in [-0.1, -0.05) is 13.0 Å². The number of aliphatic imine (C=N–C) groups is 2. The molecule has 0 fully saturated rings. The molecule has 0 saturated heterocycles. The van der Waals surface area contributed by atoms with Crippen LogP contribution in [0.25, 0.3) is 12.2 Å². The second kappa shape index (κ2) is 11.4. The normalized spacial score (nSPS) is 17.4. The summed E-state index contributed by atoms with van der Waals surface area (Å²) in [6, 6.07) is 0. The first kappa shape index (κ1) is 26.6. The molecule has 8 nitrogen and oxygen atoms in total. The number of carbonyl (C=O) groups excluding carboxylic acids is 1. The van der Waals surface area contributed by atoms with Crippen molar-refractivity contribution in [1.29, 1.82) is 0 Å². The fourth-order valence-electron chi connectivity index (χ4n) is 3.94. The Bertz CT molecular complexity index is 1270. The summed E-state index contributed by atoms with van der Waals surface area (Å²) in [7, 11) is 4.75. The first-order chi connectivity index (χ1) is 16.1. The standard InChI is InChI=1S/C26H34N4O4/c1-9-17(28-7)11-20-14(3)18(10-2)22(29-20)13-21-15(4)24(26(33)34-8)25(30-21)19(12-23(31)32)16(5)27-6/h9,11,13,28-29H,10,12H2,1-8H3,(H,31,32)/b17-9+,20-11-,22-13-,25-19-,27-16?. The first-order valence-corrected chi connectivity index (χ1v) is 11.2. The number of aromatic amines is 1. The first-order valence-electron chi connectivity index (χ1n) is 11.2. The van der Waals surface area contributed by atoms with Crippen LogP contribution in [0.4, 0.5) is 0 Å². The highest BCUT2D eigenvalue weighted by Gasteiger charge is 2.30. The van der Waals surface area contributed by atoms with E-state index >= 15 is 0 Å². The van der Waals surface area contributed by atoms with Crippen molar-refractivity contribution in [3.05, 3.63) is 56.0 Å². The quantitative estimate of drug-likeness (QED) is 0.402. The van der Waals surface area contributed by atoms with Gasteiger partial charge < -0.3 is 20.1 Å². The second-order valence-electron chi connectivity index (χ2n) is 7.89. The third kappa shape index (κ3) is 5.44. The Morgan fingerprint density at radius 3 is 2.44 bits per heavy atom. The molecule has 0 aromatic carbocycles. The minimum absolute atomic E-state index is 0.257. The van der Waals surface area contributed by atoms with Crippen molar-refractivity contribution in [2.45, 2.75) is 47.5 Å². The molecular formula is C26H34N4O4. The van der Waals surface area contributed by atoms with Crippen LogP contribution in [0.1, 0.15) is 45.2 Å². The Balaban J connectivity index is 2.88. The van der Waals surface area contributed by atoms with Crippen molar-refractivity contribution in [1.82, 2.24) is 10.3 Å². The molecule has 0 bridgehead atoms. The molecule has 1 aromatic heterocycles. The van der Waals surface area contributed by atoms with Gasteiger partial charge in [0.1, 0.15) is 0 Å². The van der Waals surface area contributed by atoms with Crippen LogP contribution in [0.5, 0.6) is 0 Å². The molecule has 0 radical (unpaired) electrons. The van der Waals surface area contributed by atoms with Gasteiger partial charge in [0.25, 0.3) is 0 Å². The fraction of sp³-hybridized carbons (Fsp3) is 0.385. The van der Waals surface area contributed by atoms with Crippen LogP contribution in [0.2, 0.25) is 0 Å². The molecule has 0 spiro atoms. The number of H-pyrrole nitrogens is 1. The van der Waals surface area contributed by atoms with Crippen molar-refractivity contribution in [2.75, 3.05) is 21.2 Å². The van der Waals surface area contributed by atoms with E-state index in [0.717, 1.165) is 33.9 Å². The van der Waals surface area contributed by atoms with E-state index < -0.39 is 11.9 Å². The number of hydrogen-bond donors (Lipinski definition) is 3. The highest BCUT2D eigenvalue weighted by Crippen LogP contribution is 2.31. The van der Waals surface area contributed by atoms with Crippen LogP contribution >= 0.6 is 0 Å². The van der Waals surface area contributed by atoms with E-state index in [9.17, 15) is 14.7 Å². The summed E-state index contributed by atoms with van der Waals surface area (Å²) in [5, 5.41) is 14.5. The predicted molar refractivity (Wildman–Crippen MR) is 136 cm³/mol. The molecule has 182 valence electrons. The van der Waals surface area contributed by atoms with Gasteiger partial charge in [0, 0.05) is 41.8 Å².